The van der Waals surface area contributed by atoms with Gasteiger partial charge in [-0.15, -0.1) is 0 Å². The number of hydrogen-bond acceptors (Lipinski definition) is 4. The molecule has 8 aromatic rings. The minimum absolute atomic E-state index is 0.342. The van der Waals surface area contributed by atoms with E-state index in [1.165, 1.54) is 23.2 Å². The third kappa shape index (κ3) is 6.36. The Hall–Kier alpha value is -5.45. The zero-order chi connectivity index (χ0) is 35.1. The van der Waals surface area contributed by atoms with Crippen LogP contribution in [-0.2, 0) is 0 Å². The van der Waals surface area contributed by atoms with Crippen LogP contribution < -0.4 is 5.36 Å². The van der Waals surface area contributed by atoms with Crippen molar-refractivity contribution in [3.63, 3.8) is 0 Å². The molecule has 0 N–H and O–H groups in total. The second-order valence-corrected chi connectivity index (χ2v) is 18.1. The van der Waals surface area contributed by atoms with Gasteiger partial charge in [0.15, 0.2) is 5.84 Å². The van der Waals surface area contributed by atoms with Crippen LogP contribution in [0, 0.1) is 6.72 Å². The maximum atomic E-state index is 6.33. The highest BCUT2D eigenvalue weighted by atomic mass is 127. The maximum Gasteiger partial charge on any atom is 0.233 e. The number of fused-ring (bicyclic) bond motifs is 4. The molecule has 252 valence electrons. The van der Waals surface area contributed by atoms with Gasteiger partial charge >= 0.3 is 0 Å². The summed E-state index contributed by atoms with van der Waals surface area (Å²) >= 11 is -0.923. The Morgan fingerprint density at radius 1 is 0.396 bits per heavy atom. The zero-order valence-corrected chi connectivity index (χ0v) is 32.6. The third-order valence-electron chi connectivity index (χ3n) is 9.38. The van der Waals surface area contributed by atoms with Crippen molar-refractivity contribution in [2.45, 2.75) is 0 Å². The molecule has 4 nitrogen and oxygen atoms in total. The highest BCUT2D eigenvalue weighted by molar-refractivity contribution is 14.2. The van der Waals surface area contributed by atoms with Crippen LogP contribution >= 0.6 is 41.5 Å². The Labute approximate surface area is 326 Å². The molecule has 0 atom stereocenters. The zero-order valence-electron chi connectivity index (χ0n) is 28.2. The standard InChI is InChI=1S/C47H29I2N3O/c1-3-10-30(11-4-1)31-18-22-34(23-19-31)45-49-44(33-12-5-2-6-13-33)51-46(52-45)35-24-20-32(21-25-35)36-14-9-15-37(28-36)38-26-27-39-42(29-38)53-47-43(39)48-40-16-7-8-17-41(40)50-47/h1-29H. The van der Waals surface area contributed by atoms with Crippen molar-refractivity contribution in [2.75, 3.05) is 0 Å². The Kier molecular flexibility index (Phi) is 8.41. The summed E-state index contributed by atoms with van der Waals surface area (Å²) in [6.45, 7) is 0. The average molecular weight is 906 g/mol. The van der Waals surface area contributed by atoms with E-state index in [0.717, 1.165) is 69.0 Å². The van der Waals surface area contributed by atoms with E-state index >= 15 is 0 Å². The molecule has 0 bridgehead atoms. The molecule has 7 aromatic carbocycles. The molecular weight excluding hydrogens is 876 g/mol. The fraction of sp³-hybridized carbons (Fsp3) is 0. The highest BCUT2D eigenvalue weighted by Crippen LogP contribution is 2.40. The van der Waals surface area contributed by atoms with Gasteiger partial charge in [0.2, 0.25) is 5.88 Å². The fourth-order valence-electron chi connectivity index (χ4n) is 6.63. The molecule has 0 aliphatic carbocycles. The number of hydrogen-bond donors (Lipinski definition) is 0. The lowest BCUT2D eigenvalue weighted by molar-refractivity contribution is 0.620. The van der Waals surface area contributed by atoms with Gasteiger partial charge in [-0.2, -0.15) is 0 Å². The van der Waals surface area contributed by atoms with Gasteiger partial charge in [0.25, 0.3) is 0 Å². The van der Waals surface area contributed by atoms with Gasteiger partial charge in [-0.05, 0) is 84.4 Å². The molecule has 6 heteroatoms. The normalized spacial score (nSPS) is 13.5. The third-order valence-corrected chi connectivity index (χ3v) is 15.2. The molecule has 1 aromatic heterocycles. The molecule has 0 saturated carbocycles. The lowest BCUT2D eigenvalue weighted by Gasteiger charge is -2.14. The van der Waals surface area contributed by atoms with E-state index in [1.54, 1.807) is 0 Å². The van der Waals surface area contributed by atoms with E-state index in [-0.39, 0.29) is 20.7 Å². The lowest BCUT2D eigenvalue weighted by Crippen LogP contribution is -2.11. The number of halogens is 2. The van der Waals surface area contributed by atoms with Crippen molar-refractivity contribution in [1.29, 1.82) is 0 Å². The predicted octanol–water partition coefficient (Wildman–Crippen LogP) is 12.1. The smallest absolute Gasteiger partial charge is 0.233 e. The summed E-state index contributed by atoms with van der Waals surface area (Å²) in [6.07, 6.45) is 0. The van der Waals surface area contributed by atoms with Gasteiger partial charge in [0.05, 0.1) is 8.93 Å². The summed E-state index contributed by atoms with van der Waals surface area (Å²) < 4.78 is 11.2. The first kappa shape index (κ1) is 32.2. The molecule has 3 heterocycles. The van der Waals surface area contributed by atoms with E-state index in [0.29, 0.717) is 0 Å². The van der Waals surface area contributed by atoms with E-state index in [2.05, 4.69) is 170 Å². The molecular formula is C47H29I2N3O. The van der Waals surface area contributed by atoms with Gasteiger partial charge in [-0.25, -0.2) is 15.0 Å². The monoisotopic (exact) mass is 905 g/mol. The molecule has 2 aliphatic heterocycles. The summed E-state index contributed by atoms with van der Waals surface area (Å²) in [5, 5.41) is 2.22. The molecule has 0 spiro atoms. The average Bonchev–Trinajstić information content (AvgIpc) is 3.60. The molecule has 53 heavy (non-hydrogen) atoms. The molecule has 0 fully saturated rings. The van der Waals surface area contributed by atoms with Crippen molar-refractivity contribution in [3.05, 3.63) is 205 Å². The van der Waals surface area contributed by atoms with Crippen LogP contribution in [0.3, 0.4) is 0 Å². The molecule has 0 unspecified atom stereocenters. The van der Waals surface area contributed by atoms with Crippen molar-refractivity contribution in [3.8, 4) is 33.4 Å². The van der Waals surface area contributed by atoms with Crippen LogP contribution in [0.4, 0.5) is 5.88 Å². The second-order valence-electron chi connectivity index (χ2n) is 12.8. The van der Waals surface area contributed by atoms with Crippen molar-refractivity contribution < 1.29 is 4.42 Å². The van der Waals surface area contributed by atoms with Crippen molar-refractivity contribution >= 4 is 71.5 Å². The first-order chi connectivity index (χ1) is 26.2. The van der Waals surface area contributed by atoms with E-state index in [1.807, 2.05) is 6.07 Å². The van der Waals surface area contributed by atoms with Crippen molar-refractivity contribution in [2.24, 2.45) is 15.0 Å². The maximum absolute atomic E-state index is 6.33. The Morgan fingerprint density at radius 2 is 0.962 bits per heavy atom. The summed E-state index contributed by atoms with van der Waals surface area (Å²) in [7, 11) is 0. The predicted molar refractivity (Wildman–Crippen MR) is 235 cm³/mol. The minimum atomic E-state index is -0.582. The fourth-order valence-corrected chi connectivity index (χ4v) is 11.9. The Balaban J connectivity index is 0.955. The number of aliphatic imine (C=N–C) groups is 2. The number of rotatable bonds is 6. The number of furan rings is 1. The molecule has 0 saturated heterocycles. The van der Waals surface area contributed by atoms with Crippen LogP contribution in [0.25, 0.3) is 44.3 Å². The van der Waals surface area contributed by atoms with Crippen molar-refractivity contribution in [1.82, 2.24) is 0 Å². The Morgan fingerprint density at radius 3 is 1.74 bits per heavy atom. The summed E-state index contributed by atoms with van der Waals surface area (Å²) in [5.74, 6) is 1.52. The van der Waals surface area contributed by atoms with Gasteiger partial charge < -0.3 is 4.42 Å². The van der Waals surface area contributed by atoms with E-state index < -0.39 is 20.7 Å². The van der Waals surface area contributed by atoms with Crippen LogP contribution in [0.2, 0.25) is 0 Å². The SMILES string of the molecule is c1ccc(C2=NC(c3ccc(-c4cccc(-c5ccc6c7c(oc6c5)N=c5ccccc5=I7)c4)cc3)=NC(c3ccc(-c4ccccc4)cc3)=I2)cc1. The summed E-state index contributed by atoms with van der Waals surface area (Å²) in [5.41, 5.74) is 11.2. The number of para-hydroxylation sites is 1. The molecule has 0 amide bonds. The Bertz CT molecular complexity index is 2910. The van der Waals surface area contributed by atoms with Crippen LogP contribution in [0.5, 0.6) is 0 Å². The molecule has 0 radical (unpaired) electrons. The van der Waals surface area contributed by atoms with Crippen LogP contribution in [0.15, 0.2) is 195 Å². The quantitative estimate of drug-likeness (QED) is 0.153. The van der Waals surface area contributed by atoms with E-state index in [4.69, 9.17) is 19.4 Å². The molecule has 2 aliphatic rings. The number of benzene rings is 7. The topological polar surface area (TPSA) is 50.2 Å². The largest absolute Gasteiger partial charge is 0.437 e. The molecule has 10 rings (SSSR count). The first-order valence-corrected chi connectivity index (χ1v) is 21.7. The minimum Gasteiger partial charge on any atom is -0.437 e. The summed E-state index contributed by atoms with van der Waals surface area (Å²) in [6, 6.07) is 62.2. The van der Waals surface area contributed by atoms with Gasteiger partial charge in [-0.1, -0.05) is 166 Å². The van der Waals surface area contributed by atoms with Gasteiger partial charge in [0.1, 0.15) is 12.9 Å². The van der Waals surface area contributed by atoms with Gasteiger partial charge in [0, 0.05) is 25.2 Å². The van der Waals surface area contributed by atoms with Gasteiger partial charge in [-0.3, -0.25) is 0 Å². The lowest BCUT2D eigenvalue weighted by atomic mass is 9.98. The van der Waals surface area contributed by atoms with E-state index in [9.17, 15) is 0 Å². The number of nitrogens with zero attached hydrogens (tertiary/aromatic N) is 3. The highest BCUT2D eigenvalue weighted by Gasteiger charge is 2.18. The van der Waals surface area contributed by atoms with Crippen LogP contribution in [-0.4, -0.2) is 13.2 Å². The second kappa shape index (κ2) is 13.8. The van der Waals surface area contributed by atoms with Crippen LogP contribution in [0.1, 0.15) is 16.7 Å². The number of amidine groups is 1. The summed E-state index contributed by atoms with van der Waals surface area (Å²) in [4.78, 5) is 15.2. The first-order valence-electron chi connectivity index (χ1n) is 17.4.